The van der Waals surface area contributed by atoms with Crippen molar-refractivity contribution in [1.29, 1.82) is 0 Å². The van der Waals surface area contributed by atoms with E-state index in [4.69, 9.17) is 9.47 Å². The van der Waals surface area contributed by atoms with Crippen molar-refractivity contribution in [3.63, 3.8) is 0 Å². The lowest BCUT2D eigenvalue weighted by atomic mass is 10.1. The van der Waals surface area contributed by atoms with Gasteiger partial charge in [-0.25, -0.2) is 4.79 Å². The van der Waals surface area contributed by atoms with Crippen LogP contribution in [0, 0.1) is 0 Å². The largest absolute Gasteiger partial charge is 0.351 e. The fourth-order valence-corrected chi connectivity index (χ4v) is 2.24. The van der Waals surface area contributed by atoms with Crippen molar-refractivity contribution in [2.75, 3.05) is 26.3 Å². The number of nitrogens with one attached hydrogen (secondary N) is 2. The van der Waals surface area contributed by atoms with E-state index < -0.39 is 6.29 Å². The van der Waals surface area contributed by atoms with Crippen LogP contribution >= 0.6 is 15.9 Å². The summed E-state index contributed by atoms with van der Waals surface area (Å²) >= 11 is 3.43. The van der Waals surface area contributed by atoms with E-state index >= 15 is 0 Å². The second kappa shape index (κ2) is 10.6. The van der Waals surface area contributed by atoms with Crippen LogP contribution in [0.4, 0.5) is 4.79 Å². The molecule has 0 atom stereocenters. The maximum atomic E-state index is 11.7. The summed E-state index contributed by atoms with van der Waals surface area (Å²) in [6, 6.07) is 7.82. The molecule has 0 saturated heterocycles. The van der Waals surface area contributed by atoms with E-state index in [-0.39, 0.29) is 6.03 Å². The molecular weight excluding hydrogens is 336 g/mol. The average Bonchev–Trinajstić information content (AvgIpc) is 2.45. The lowest BCUT2D eigenvalue weighted by molar-refractivity contribution is -0.131. The predicted molar refractivity (Wildman–Crippen MR) is 86.3 cm³/mol. The monoisotopic (exact) mass is 358 g/mol. The summed E-state index contributed by atoms with van der Waals surface area (Å²) in [5.41, 5.74) is 1.17. The summed E-state index contributed by atoms with van der Waals surface area (Å²) in [5.74, 6) is 0. The number of hydrogen-bond donors (Lipinski definition) is 2. The molecule has 6 heteroatoms. The Bertz CT molecular complexity index is 423. The third-order valence-electron chi connectivity index (χ3n) is 2.72. The van der Waals surface area contributed by atoms with Crippen molar-refractivity contribution in [2.24, 2.45) is 0 Å². The van der Waals surface area contributed by atoms with Crippen LogP contribution in [-0.4, -0.2) is 38.6 Å². The Labute approximate surface area is 134 Å². The zero-order chi connectivity index (χ0) is 15.5. The van der Waals surface area contributed by atoms with Crippen LogP contribution in [0.1, 0.15) is 19.4 Å². The molecule has 118 valence electrons. The maximum Gasteiger partial charge on any atom is 0.314 e. The first-order chi connectivity index (χ1) is 10.2. The minimum absolute atomic E-state index is 0.214. The lowest BCUT2D eigenvalue weighted by Crippen LogP contribution is -2.42. The number of hydrogen-bond acceptors (Lipinski definition) is 3. The van der Waals surface area contributed by atoms with Gasteiger partial charge in [-0.05, 0) is 38.0 Å². The molecule has 2 amide bonds. The minimum atomic E-state index is -0.393. The molecule has 0 aromatic heterocycles. The molecule has 2 N–H and O–H groups in total. The predicted octanol–water partition coefficient (Wildman–Crippen LogP) is 2.69. The van der Waals surface area contributed by atoms with Gasteiger partial charge in [0.05, 0.1) is 6.54 Å². The zero-order valence-electron chi connectivity index (χ0n) is 12.5. The molecular formula is C15H23BrN2O3. The Morgan fingerprint density at radius 2 is 1.95 bits per heavy atom. The first-order valence-corrected chi connectivity index (χ1v) is 7.94. The van der Waals surface area contributed by atoms with E-state index in [1.165, 1.54) is 5.56 Å². The summed E-state index contributed by atoms with van der Waals surface area (Å²) in [6.45, 7) is 5.81. The fraction of sp³-hybridized carbons (Fsp3) is 0.533. The third-order valence-corrected chi connectivity index (χ3v) is 3.22. The van der Waals surface area contributed by atoms with Gasteiger partial charge in [-0.1, -0.05) is 28.1 Å². The van der Waals surface area contributed by atoms with Gasteiger partial charge in [0.15, 0.2) is 6.29 Å². The minimum Gasteiger partial charge on any atom is -0.351 e. The molecule has 1 aromatic carbocycles. The zero-order valence-corrected chi connectivity index (χ0v) is 14.1. The Balaban J connectivity index is 2.21. The molecule has 0 heterocycles. The number of amides is 2. The number of urea groups is 1. The molecule has 0 saturated carbocycles. The number of carbonyl (C=O) groups is 1. The molecule has 0 aliphatic rings. The molecule has 0 spiro atoms. The molecule has 1 rings (SSSR count). The number of carbonyl (C=O) groups excluding carboxylic acids is 1. The number of ether oxygens (including phenoxy) is 2. The van der Waals surface area contributed by atoms with Crippen LogP contribution in [-0.2, 0) is 15.9 Å². The normalized spacial score (nSPS) is 10.7. The third kappa shape index (κ3) is 8.04. The van der Waals surface area contributed by atoms with Gasteiger partial charge in [-0.15, -0.1) is 0 Å². The summed E-state index contributed by atoms with van der Waals surface area (Å²) in [6.07, 6.45) is 0.392. The number of rotatable bonds is 9. The SMILES string of the molecule is CCOC(CNC(=O)NCCc1cccc(Br)c1)OCC. The van der Waals surface area contributed by atoms with Crippen LogP contribution in [0.5, 0.6) is 0 Å². The van der Waals surface area contributed by atoms with Crippen LogP contribution in [0.15, 0.2) is 28.7 Å². The van der Waals surface area contributed by atoms with Crippen molar-refractivity contribution in [2.45, 2.75) is 26.6 Å². The molecule has 0 radical (unpaired) electrons. The van der Waals surface area contributed by atoms with E-state index in [2.05, 4.69) is 26.6 Å². The number of benzene rings is 1. The van der Waals surface area contributed by atoms with E-state index in [0.717, 1.165) is 10.9 Å². The van der Waals surface area contributed by atoms with Crippen molar-refractivity contribution >= 4 is 22.0 Å². The van der Waals surface area contributed by atoms with Crippen molar-refractivity contribution in [1.82, 2.24) is 10.6 Å². The van der Waals surface area contributed by atoms with Crippen LogP contribution < -0.4 is 10.6 Å². The highest BCUT2D eigenvalue weighted by Crippen LogP contribution is 2.11. The Morgan fingerprint density at radius 3 is 2.57 bits per heavy atom. The van der Waals surface area contributed by atoms with Gasteiger partial charge in [0.1, 0.15) is 0 Å². The maximum absolute atomic E-state index is 11.7. The second-order valence-corrected chi connectivity index (χ2v) is 5.27. The van der Waals surface area contributed by atoms with E-state index in [1.807, 2.05) is 38.1 Å². The molecule has 0 aliphatic heterocycles. The van der Waals surface area contributed by atoms with Crippen molar-refractivity contribution in [3.8, 4) is 0 Å². The smallest absolute Gasteiger partial charge is 0.314 e. The fourth-order valence-electron chi connectivity index (χ4n) is 1.79. The molecule has 1 aromatic rings. The van der Waals surface area contributed by atoms with E-state index in [0.29, 0.717) is 26.3 Å². The summed E-state index contributed by atoms with van der Waals surface area (Å²) in [4.78, 5) is 11.7. The van der Waals surface area contributed by atoms with Gasteiger partial charge in [-0.3, -0.25) is 0 Å². The van der Waals surface area contributed by atoms with Gasteiger partial charge in [0.2, 0.25) is 0 Å². The topological polar surface area (TPSA) is 59.6 Å². The summed E-state index contributed by atoms with van der Waals surface area (Å²) in [7, 11) is 0. The lowest BCUT2D eigenvalue weighted by Gasteiger charge is -2.17. The second-order valence-electron chi connectivity index (χ2n) is 4.36. The highest BCUT2D eigenvalue weighted by molar-refractivity contribution is 9.10. The molecule has 0 unspecified atom stereocenters. The summed E-state index contributed by atoms with van der Waals surface area (Å²) in [5, 5.41) is 5.55. The van der Waals surface area contributed by atoms with Gasteiger partial charge >= 0.3 is 6.03 Å². The van der Waals surface area contributed by atoms with Gasteiger partial charge in [0.25, 0.3) is 0 Å². The molecule has 5 nitrogen and oxygen atoms in total. The molecule has 0 fully saturated rings. The quantitative estimate of drug-likeness (QED) is 0.667. The van der Waals surface area contributed by atoms with Crippen LogP contribution in [0.25, 0.3) is 0 Å². The van der Waals surface area contributed by atoms with Gasteiger partial charge in [0, 0.05) is 24.2 Å². The summed E-state index contributed by atoms with van der Waals surface area (Å²) < 4.78 is 11.7. The van der Waals surface area contributed by atoms with E-state index in [9.17, 15) is 4.79 Å². The standard InChI is InChI=1S/C15H23BrN2O3/c1-3-20-14(21-4-2)11-18-15(19)17-9-8-12-6-5-7-13(16)10-12/h5-7,10,14H,3-4,8-9,11H2,1-2H3,(H2,17,18,19). The molecule has 21 heavy (non-hydrogen) atoms. The highest BCUT2D eigenvalue weighted by atomic mass is 79.9. The van der Waals surface area contributed by atoms with Crippen molar-refractivity contribution < 1.29 is 14.3 Å². The molecule has 0 aliphatic carbocycles. The molecule has 0 bridgehead atoms. The van der Waals surface area contributed by atoms with Crippen LogP contribution in [0.2, 0.25) is 0 Å². The average molecular weight is 359 g/mol. The first kappa shape index (κ1) is 17.9. The van der Waals surface area contributed by atoms with Crippen molar-refractivity contribution in [3.05, 3.63) is 34.3 Å². The Hall–Kier alpha value is -1.11. The first-order valence-electron chi connectivity index (χ1n) is 7.15. The van der Waals surface area contributed by atoms with E-state index in [1.54, 1.807) is 0 Å². The van der Waals surface area contributed by atoms with Crippen LogP contribution in [0.3, 0.4) is 0 Å². The van der Waals surface area contributed by atoms with Gasteiger partial charge < -0.3 is 20.1 Å². The Morgan fingerprint density at radius 1 is 1.24 bits per heavy atom. The highest BCUT2D eigenvalue weighted by Gasteiger charge is 2.09. The Kier molecular flexibility index (Phi) is 9.05. The number of halogens is 1. The van der Waals surface area contributed by atoms with Gasteiger partial charge in [-0.2, -0.15) is 0 Å².